The molecule has 0 saturated carbocycles. The first kappa shape index (κ1) is 24.2. The zero-order valence-electron chi connectivity index (χ0n) is 18.4. The number of hydrogen-bond donors (Lipinski definition) is 1. The van der Waals surface area contributed by atoms with Gasteiger partial charge >= 0.3 is 5.97 Å². The normalized spacial score (nSPS) is 14.2. The van der Waals surface area contributed by atoms with Crippen molar-refractivity contribution in [2.75, 3.05) is 56.7 Å². The summed E-state index contributed by atoms with van der Waals surface area (Å²) >= 11 is 12.2. The van der Waals surface area contributed by atoms with Crippen LogP contribution in [0.2, 0.25) is 10.0 Å². The molecule has 32 heavy (non-hydrogen) atoms. The third kappa shape index (κ3) is 5.85. The van der Waals surface area contributed by atoms with Crippen LogP contribution in [0.1, 0.15) is 22.8 Å². The maximum atomic E-state index is 12.7. The van der Waals surface area contributed by atoms with E-state index in [1.807, 2.05) is 6.07 Å². The van der Waals surface area contributed by atoms with Crippen molar-refractivity contribution < 1.29 is 19.1 Å². The Morgan fingerprint density at radius 1 is 1.09 bits per heavy atom. The summed E-state index contributed by atoms with van der Waals surface area (Å²) in [6.45, 7) is 8.21. The zero-order valence-corrected chi connectivity index (χ0v) is 19.9. The van der Waals surface area contributed by atoms with Crippen LogP contribution in [0.5, 0.6) is 5.75 Å². The Morgan fingerprint density at radius 3 is 2.44 bits per heavy atom. The van der Waals surface area contributed by atoms with E-state index in [-0.39, 0.29) is 12.5 Å². The topological polar surface area (TPSA) is 71.1 Å². The minimum Gasteiger partial charge on any atom is -0.482 e. The lowest BCUT2D eigenvalue weighted by molar-refractivity contribution is -0.118. The first-order valence-corrected chi connectivity index (χ1v) is 11.2. The van der Waals surface area contributed by atoms with Crippen LogP contribution in [0, 0.1) is 6.92 Å². The molecule has 1 fully saturated rings. The highest BCUT2D eigenvalue weighted by Gasteiger charge is 2.21. The molecule has 1 amide bonds. The molecule has 0 radical (unpaired) electrons. The van der Waals surface area contributed by atoms with E-state index >= 15 is 0 Å². The molecule has 0 atom stereocenters. The van der Waals surface area contributed by atoms with Gasteiger partial charge in [0.05, 0.1) is 29.1 Å². The Labute approximate surface area is 198 Å². The number of aryl methyl sites for hydroxylation is 1. The van der Waals surface area contributed by atoms with Crippen molar-refractivity contribution in [2.45, 2.75) is 13.8 Å². The van der Waals surface area contributed by atoms with Gasteiger partial charge in [-0.3, -0.25) is 4.79 Å². The Bertz CT molecular complexity index is 968. The van der Waals surface area contributed by atoms with Crippen LogP contribution < -0.4 is 15.0 Å². The molecule has 172 valence electrons. The van der Waals surface area contributed by atoms with Crippen molar-refractivity contribution in [1.82, 2.24) is 4.90 Å². The number of likely N-dealkylation sites (N-methyl/N-ethyl adjacent to an activating group) is 1. The van der Waals surface area contributed by atoms with Gasteiger partial charge in [0.15, 0.2) is 6.61 Å². The number of piperazine rings is 1. The summed E-state index contributed by atoms with van der Waals surface area (Å²) in [4.78, 5) is 29.3. The molecule has 2 aromatic rings. The average molecular weight is 480 g/mol. The van der Waals surface area contributed by atoms with Gasteiger partial charge in [-0.1, -0.05) is 30.1 Å². The van der Waals surface area contributed by atoms with Crippen LogP contribution >= 0.6 is 23.2 Å². The van der Waals surface area contributed by atoms with Crippen LogP contribution in [-0.2, 0) is 9.53 Å². The third-order valence-corrected chi connectivity index (χ3v) is 5.89. The van der Waals surface area contributed by atoms with E-state index in [0.717, 1.165) is 44.0 Å². The number of ether oxygens (including phenoxy) is 2. The van der Waals surface area contributed by atoms with Crippen molar-refractivity contribution in [3.8, 4) is 5.75 Å². The number of carbonyl (C=O) groups is 2. The molecule has 3 rings (SSSR count). The van der Waals surface area contributed by atoms with Crippen LogP contribution in [0.15, 0.2) is 30.3 Å². The number of methoxy groups -OCH3 is 1. The van der Waals surface area contributed by atoms with Crippen LogP contribution in [0.25, 0.3) is 0 Å². The highest BCUT2D eigenvalue weighted by molar-refractivity contribution is 6.35. The predicted octanol–water partition coefficient (Wildman–Crippen LogP) is 4.25. The van der Waals surface area contributed by atoms with E-state index in [1.54, 1.807) is 31.2 Å². The highest BCUT2D eigenvalue weighted by Crippen LogP contribution is 2.32. The summed E-state index contributed by atoms with van der Waals surface area (Å²) in [7, 11) is 1.32. The van der Waals surface area contributed by atoms with Crippen molar-refractivity contribution >= 4 is 46.5 Å². The smallest absolute Gasteiger partial charge is 0.337 e. The van der Waals surface area contributed by atoms with Crippen molar-refractivity contribution in [2.24, 2.45) is 0 Å². The summed E-state index contributed by atoms with van der Waals surface area (Å²) in [6.07, 6.45) is 0. The van der Waals surface area contributed by atoms with Crippen LogP contribution in [0.3, 0.4) is 0 Å². The fourth-order valence-electron chi connectivity index (χ4n) is 3.66. The molecule has 1 saturated heterocycles. The number of halogens is 2. The number of anilines is 2. The summed E-state index contributed by atoms with van der Waals surface area (Å²) in [5, 5.41) is 3.71. The molecule has 0 spiro atoms. The number of rotatable bonds is 7. The number of nitrogens with one attached hydrogen (secondary N) is 1. The Kier molecular flexibility index (Phi) is 8.23. The van der Waals surface area contributed by atoms with E-state index < -0.39 is 5.97 Å². The first-order chi connectivity index (χ1) is 15.3. The SMILES string of the molecule is CCN1CCN(c2ccc(C(=O)OC)cc2NC(=O)COc2c(C)cc(Cl)cc2Cl)CC1. The van der Waals surface area contributed by atoms with E-state index in [1.165, 1.54) is 7.11 Å². The standard InChI is InChI=1S/C23H27Cl2N3O4/c1-4-27-7-9-28(10-8-27)20-6-5-16(23(30)31-3)12-19(20)26-21(29)14-32-22-15(2)11-17(24)13-18(22)25/h5-6,11-13H,4,7-10,14H2,1-3H3,(H,26,29). The lowest BCUT2D eigenvalue weighted by Crippen LogP contribution is -2.46. The van der Waals surface area contributed by atoms with Gasteiger partial charge in [-0.15, -0.1) is 0 Å². The van der Waals surface area contributed by atoms with E-state index in [0.29, 0.717) is 27.0 Å². The molecule has 1 aliphatic heterocycles. The molecule has 0 aliphatic carbocycles. The minimum absolute atomic E-state index is 0.242. The molecule has 7 nitrogen and oxygen atoms in total. The lowest BCUT2D eigenvalue weighted by atomic mass is 10.1. The second kappa shape index (κ2) is 10.9. The van der Waals surface area contributed by atoms with Crippen LogP contribution in [0.4, 0.5) is 11.4 Å². The maximum Gasteiger partial charge on any atom is 0.337 e. The average Bonchev–Trinajstić information content (AvgIpc) is 2.78. The fraction of sp³-hybridized carbons (Fsp3) is 0.391. The number of benzene rings is 2. The number of esters is 1. The second-order valence-electron chi connectivity index (χ2n) is 7.52. The van der Waals surface area contributed by atoms with Gasteiger partial charge in [-0.2, -0.15) is 0 Å². The monoisotopic (exact) mass is 479 g/mol. The Hall–Kier alpha value is -2.48. The maximum absolute atomic E-state index is 12.7. The number of hydrogen-bond acceptors (Lipinski definition) is 6. The van der Waals surface area contributed by atoms with Crippen molar-refractivity contribution in [3.05, 3.63) is 51.5 Å². The molecule has 0 bridgehead atoms. The lowest BCUT2D eigenvalue weighted by Gasteiger charge is -2.36. The summed E-state index contributed by atoms with van der Waals surface area (Å²) < 4.78 is 10.5. The van der Waals surface area contributed by atoms with Gasteiger partial charge in [0.2, 0.25) is 0 Å². The van der Waals surface area contributed by atoms with Gasteiger partial charge < -0.3 is 24.6 Å². The number of carbonyl (C=O) groups excluding carboxylic acids is 2. The molecule has 1 N–H and O–H groups in total. The molecule has 0 unspecified atom stereocenters. The zero-order chi connectivity index (χ0) is 23.3. The van der Waals surface area contributed by atoms with Gasteiger partial charge in [-0.05, 0) is 49.4 Å². The fourth-order valence-corrected chi connectivity index (χ4v) is 4.31. The van der Waals surface area contributed by atoms with Gasteiger partial charge in [0.1, 0.15) is 5.75 Å². The molecule has 1 aliphatic rings. The minimum atomic E-state index is -0.470. The second-order valence-corrected chi connectivity index (χ2v) is 8.36. The van der Waals surface area contributed by atoms with E-state index in [4.69, 9.17) is 32.7 Å². The largest absolute Gasteiger partial charge is 0.482 e. The molecule has 0 aromatic heterocycles. The predicted molar refractivity (Wildman–Crippen MR) is 127 cm³/mol. The van der Waals surface area contributed by atoms with Gasteiger partial charge in [0, 0.05) is 31.2 Å². The molecular formula is C23H27Cl2N3O4. The molecule has 9 heteroatoms. The third-order valence-electron chi connectivity index (χ3n) is 5.39. The first-order valence-electron chi connectivity index (χ1n) is 10.4. The molecule has 2 aromatic carbocycles. The quantitative estimate of drug-likeness (QED) is 0.598. The Morgan fingerprint density at radius 2 is 1.81 bits per heavy atom. The highest BCUT2D eigenvalue weighted by atomic mass is 35.5. The van der Waals surface area contributed by atoms with E-state index in [2.05, 4.69) is 22.0 Å². The van der Waals surface area contributed by atoms with Crippen molar-refractivity contribution in [1.29, 1.82) is 0 Å². The molecule has 1 heterocycles. The number of amides is 1. The van der Waals surface area contributed by atoms with Gasteiger partial charge in [-0.25, -0.2) is 4.79 Å². The van der Waals surface area contributed by atoms with Crippen molar-refractivity contribution in [3.63, 3.8) is 0 Å². The summed E-state index contributed by atoms with van der Waals surface area (Å²) in [5.74, 6) is -0.431. The Balaban J connectivity index is 1.77. The summed E-state index contributed by atoms with van der Waals surface area (Å²) in [5.41, 5.74) is 2.47. The van der Waals surface area contributed by atoms with Gasteiger partial charge in [0.25, 0.3) is 5.91 Å². The van der Waals surface area contributed by atoms with E-state index in [9.17, 15) is 9.59 Å². The summed E-state index contributed by atoms with van der Waals surface area (Å²) in [6, 6.07) is 8.46. The number of nitrogens with zero attached hydrogens (tertiary/aromatic N) is 2. The molecular weight excluding hydrogens is 453 g/mol. The van der Waals surface area contributed by atoms with Crippen LogP contribution in [-0.4, -0.2) is 63.2 Å².